The molecule has 102 valence electrons. The fraction of sp³-hybridized carbons (Fsp3) is 0.462. The molecule has 19 heavy (non-hydrogen) atoms. The number of rotatable bonds is 2. The Bertz CT molecular complexity index is 633. The number of amidine groups is 1. The molecule has 6 heteroatoms. The molecule has 3 rings (SSSR count). The molecule has 5 nitrogen and oxygen atoms in total. The first-order valence-corrected chi connectivity index (χ1v) is 7.75. The number of hydrogen-bond acceptors (Lipinski definition) is 4. The molecule has 0 amide bonds. The van der Waals surface area contributed by atoms with Crippen molar-refractivity contribution in [2.75, 3.05) is 13.6 Å². The van der Waals surface area contributed by atoms with E-state index in [-0.39, 0.29) is 11.0 Å². The van der Waals surface area contributed by atoms with Gasteiger partial charge in [0.05, 0.1) is 6.10 Å². The summed E-state index contributed by atoms with van der Waals surface area (Å²) < 4.78 is 27.7. The van der Waals surface area contributed by atoms with Crippen LogP contribution in [0.15, 0.2) is 33.6 Å². The number of aliphatic hydroxyl groups is 1. The molecule has 1 fully saturated rings. The van der Waals surface area contributed by atoms with Crippen LogP contribution in [0.3, 0.4) is 0 Å². The van der Waals surface area contributed by atoms with Gasteiger partial charge in [-0.3, -0.25) is 0 Å². The van der Waals surface area contributed by atoms with Gasteiger partial charge in [0.2, 0.25) is 0 Å². The van der Waals surface area contributed by atoms with Crippen molar-refractivity contribution >= 4 is 15.9 Å². The normalized spacial score (nSPS) is 27.4. The Hall–Kier alpha value is -1.40. The van der Waals surface area contributed by atoms with E-state index in [1.165, 1.54) is 0 Å². The molecule has 1 aliphatic carbocycles. The number of hydrogen-bond donors (Lipinski definition) is 1. The molecule has 1 heterocycles. The molecule has 1 aliphatic heterocycles. The van der Waals surface area contributed by atoms with Gasteiger partial charge in [-0.15, -0.1) is 4.40 Å². The summed E-state index contributed by atoms with van der Waals surface area (Å²) in [5.74, 6) is 0.926. The highest BCUT2D eigenvalue weighted by molar-refractivity contribution is 7.90. The zero-order chi connectivity index (χ0) is 13.6. The average Bonchev–Trinajstić information content (AvgIpc) is 2.60. The maximum Gasteiger partial charge on any atom is 0.285 e. The molecule has 1 aromatic carbocycles. The molecular formula is C13H16N2O3S. The quantitative estimate of drug-likeness (QED) is 0.871. The van der Waals surface area contributed by atoms with Crippen molar-refractivity contribution in [3.8, 4) is 0 Å². The van der Waals surface area contributed by atoms with Gasteiger partial charge in [0.25, 0.3) is 10.0 Å². The average molecular weight is 280 g/mol. The third kappa shape index (κ3) is 2.15. The van der Waals surface area contributed by atoms with Crippen molar-refractivity contribution < 1.29 is 13.5 Å². The van der Waals surface area contributed by atoms with E-state index in [4.69, 9.17) is 0 Å². The van der Waals surface area contributed by atoms with Crippen LogP contribution in [0.1, 0.15) is 18.4 Å². The van der Waals surface area contributed by atoms with Crippen molar-refractivity contribution in [3.63, 3.8) is 0 Å². The first-order valence-electron chi connectivity index (χ1n) is 6.31. The first kappa shape index (κ1) is 12.6. The number of benzene rings is 1. The predicted octanol–water partition coefficient (Wildman–Crippen LogP) is 0.838. The van der Waals surface area contributed by atoms with Crippen molar-refractivity contribution in [2.45, 2.75) is 23.8 Å². The highest BCUT2D eigenvalue weighted by Gasteiger charge is 2.33. The largest absolute Gasteiger partial charge is 0.393 e. The second-order valence-electron chi connectivity index (χ2n) is 5.26. The van der Waals surface area contributed by atoms with Gasteiger partial charge in [0, 0.05) is 19.2 Å². The summed E-state index contributed by atoms with van der Waals surface area (Å²) in [5.41, 5.74) is 0.671. The summed E-state index contributed by atoms with van der Waals surface area (Å²) in [5, 5.41) is 9.29. The minimum absolute atomic E-state index is 0.195. The second-order valence-corrected chi connectivity index (χ2v) is 6.83. The van der Waals surface area contributed by atoms with E-state index in [1.807, 2.05) is 18.0 Å². The molecule has 0 atom stereocenters. The van der Waals surface area contributed by atoms with Gasteiger partial charge in [-0.05, 0) is 30.9 Å². The van der Waals surface area contributed by atoms with Crippen LogP contribution < -0.4 is 0 Å². The van der Waals surface area contributed by atoms with Crippen LogP contribution in [0.5, 0.6) is 0 Å². The van der Waals surface area contributed by atoms with E-state index in [1.54, 1.807) is 18.2 Å². The summed E-state index contributed by atoms with van der Waals surface area (Å²) in [6.45, 7) is 0.722. The Labute approximate surface area is 112 Å². The fourth-order valence-electron chi connectivity index (χ4n) is 2.69. The Morgan fingerprint density at radius 2 is 2.05 bits per heavy atom. The van der Waals surface area contributed by atoms with Crippen LogP contribution in [0.2, 0.25) is 0 Å². The van der Waals surface area contributed by atoms with Gasteiger partial charge in [-0.2, -0.15) is 8.42 Å². The van der Waals surface area contributed by atoms with Crippen molar-refractivity contribution in [1.82, 2.24) is 4.90 Å². The van der Waals surface area contributed by atoms with E-state index in [9.17, 15) is 13.5 Å². The SMILES string of the molecule is CN(CC1CC(O)C1)C1=NS(=O)(=O)c2ccccc21. The Morgan fingerprint density at radius 3 is 2.74 bits per heavy atom. The summed E-state index contributed by atoms with van der Waals surface area (Å²) >= 11 is 0. The van der Waals surface area contributed by atoms with Gasteiger partial charge >= 0.3 is 0 Å². The van der Waals surface area contributed by atoms with Crippen LogP contribution in [0.4, 0.5) is 0 Å². The van der Waals surface area contributed by atoms with E-state index >= 15 is 0 Å². The van der Waals surface area contributed by atoms with Crippen molar-refractivity contribution in [3.05, 3.63) is 29.8 Å². The zero-order valence-electron chi connectivity index (χ0n) is 10.7. The monoisotopic (exact) mass is 280 g/mol. The second kappa shape index (κ2) is 4.31. The van der Waals surface area contributed by atoms with Gasteiger partial charge in [0.1, 0.15) is 4.90 Å². The minimum atomic E-state index is -3.54. The third-order valence-electron chi connectivity index (χ3n) is 3.72. The van der Waals surface area contributed by atoms with Gasteiger partial charge < -0.3 is 10.0 Å². The van der Waals surface area contributed by atoms with Crippen molar-refractivity contribution in [2.24, 2.45) is 10.3 Å². The number of sulfonamides is 1. The number of fused-ring (bicyclic) bond motifs is 1. The number of nitrogens with zero attached hydrogens (tertiary/aromatic N) is 2. The lowest BCUT2D eigenvalue weighted by molar-refractivity contribution is 0.0357. The summed E-state index contributed by atoms with van der Waals surface area (Å²) in [6.07, 6.45) is 1.37. The molecule has 0 unspecified atom stereocenters. The molecule has 0 saturated heterocycles. The molecule has 1 saturated carbocycles. The highest BCUT2D eigenvalue weighted by atomic mass is 32.2. The van der Waals surface area contributed by atoms with Crippen LogP contribution in [-0.2, 0) is 10.0 Å². The Morgan fingerprint density at radius 1 is 1.37 bits per heavy atom. The third-order valence-corrected chi connectivity index (χ3v) is 5.04. The predicted molar refractivity (Wildman–Crippen MR) is 71.5 cm³/mol. The minimum Gasteiger partial charge on any atom is -0.393 e. The van der Waals surface area contributed by atoms with E-state index < -0.39 is 10.0 Å². The molecular weight excluding hydrogens is 264 g/mol. The van der Waals surface area contributed by atoms with Crippen LogP contribution in [0.25, 0.3) is 0 Å². The Kier molecular flexibility index (Phi) is 2.87. The first-order chi connectivity index (χ1) is 8.97. The smallest absolute Gasteiger partial charge is 0.285 e. The van der Waals surface area contributed by atoms with Crippen LogP contribution >= 0.6 is 0 Å². The van der Waals surface area contributed by atoms with Crippen molar-refractivity contribution in [1.29, 1.82) is 0 Å². The topological polar surface area (TPSA) is 70.0 Å². The zero-order valence-corrected chi connectivity index (χ0v) is 11.5. The summed E-state index contributed by atoms with van der Waals surface area (Å²) in [4.78, 5) is 2.16. The maximum absolute atomic E-state index is 11.9. The lowest BCUT2D eigenvalue weighted by Crippen LogP contribution is -2.39. The molecule has 0 spiro atoms. The van der Waals surface area contributed by atoms with Crippen LogP contribution in [0, 0.1) is 5.92 Å². The maximum atomic E-state index is 11.9. The molecule has 0 radical (unpaired) electrons. The standard InChI is InChI=1S/C13H16N2O3S/c1-15(8-9-6-10(16)7-9)13-11-4-2-3-5-12(11)19(17,18)14-13/h2-5,9-10,16H,6-8H2,1H3. The van der Waals surface area contributed by atoms with Gasteiger partial charge in [-0.1, -0.05) is 12.1 Å². The molecule has 2 aliphatic rings. The van der Waals surface area contributed by atoms with Crippen LogP contribution in [-0.4, -0.2) is 44.0 Å². The summed E-state index contributed by atoms with van der Waals surface area (Å²) in [7, 11) is -1.69. The van der Waals surface area contributed by atoms with E-state index in [0.717, 1.165) is 19.4 Å². The lowest BCUT2D eigenvalue weighted by atomic mass is 9.82. The fourth-order valence-corrected chi connectivity index (χ4v) is 3.94. The lowest BCUT2D eigenvalue weighted by Gasteiger charge is -2.35. The molecule has 1 N–H and O–H groups in total. The van der Waals surface area contributed by atoms with E-state index in [0.29, 0.717) is 17.3 Å². The van der Waals surface area contributed by atoms with Gasteiger partial charge in [-0.25, -0.2) is 0 Å². The Balaban J connectivity index is 1.85. The summed E-state index contributed by atoms with van der Waals surface area (Å²) in [6, 6.07) is 6.89. The highest BCUT2D eigenvalue weighted by Crippen LogP contribution is 2.31. The van der Waals surface area contributed by atoms with E-state index in [2.05, 4.69) is 4.40 Å². The molecule has 1 aromatic rings. The van der Waals surface area contributed by atoms with Gasteiger partial charge in [0.15, 0.2) is 5.84 Å². The molecule has 0 bridgehead atoms. The molecule has 0 aromatic heterocycles. The number of aliphatic hydroxyl groups excluding tert-OH is 1.